The number of hydrazone groups is 1. The lowest BCUT2D eigenvalue weighted by molar-refractivity contribution is 0.102. The van der Waals surface area contributed by atoms with Gasteiger partial charge in [0.05, 0.1) is 5.69 Å². The maximum atomic E-state index is 12.3. The molecule has 2 N–H and O–H groups in total. The van der Waals surface area contributed by atoms with Gasteiger partial charge in [0.15, 0.2) is 0 Å². The van der Waals surface area contributed by atoms with E-state index >= 15 is 0 Å². The van der Waals surface area contributed by atoms with Crippen molar-refractivity contribution in [3.05, 3.63) is 59.7 Å². The largest absolute Gasteiger partial charge is 0.322 e. The number of nitriles is 2. The summed E-state index contributed by atoms with van der Waals surface area (Å²) in [4.78, 5) is 12.3. The fourth-order valence-electron chi connectivity index (χ4n) is 1.89. The van der Waals surface area contributed by atoms with Gasteiger partial charge in [-0.1, -0.05) is 24.3 Å². The fraction of sp³-hybridized carbons (Fsp3) is 0.0588. The van der Waals surface area contributed by atoms with Crippen LogP contribution in [0.1, 0.15) is 15.9 Å². The molecular formula is C17H13N5O. The summed E-state index contributed by atoms with van der Waals surface area (Å²) >= 11 is 0. The van der Waals surface area contributed by atoms with Crippen LogP contribution < -0.4 is 10.7 Å². The third-order valence-corrected chi connectivity index (χ3v) is 3.02. The standard InChI is InChI=1S/C17H13N5O/c1-12-5-2-3-8-16(12)17(23)20-13-6-4-7-14(9-13)21-22-15(10-18)11-19/h2-9,21H,1H3,(H,20,23). The molecule has 0 aliphatic rings. The Morgan fingerprint density at radius 1 is 1.04 bits per heavy atom. The number of carbonyl (C=O) groups excluding carboxylic acids is 1. The predicted molar refractivity (Wildman–Crippen MR) is 87.9 cm³/mol. The fourth-order valence-corrected chi connectivity index (χ4v) is 1.89. The minimum absolute atomic E-state index is 0.210. The van der Waals surface area contributed by atoms with E-state index in [1.165, 1.54) is 0 Å². The first-order valence-electron chi connectivity index (χ1n) is 6.75. The van der Waals surface area contributed by atoms with Gasteiger partial charge in [-0.2, -0.15) is 15.6 Å². The number of aryl methyl sites for hydroxylation is 1. The van der Waals surface area contributed by atoms with E-state index in [1.54, 1.807) is 48.5 Å². The number of nitrogens with zero attached hydrogens (tertiary/aromatic N) is 3. The predicted octanol–water partition coefficient (Wildman–Crippen LogP) is 3.06. The molecule has 0 fully saturated rings. The summed E-state index contributed by atoms with van der Waals surface area (Å²) in [5.41, 5.74) is 4.94. The third kappa shape index (κ3) is 4.16. The van der Waals surface area contributed by atoms with E-state index in [-0.39, 0.29) is 11.6 Å². The smallest absolute Gasteiger partial charge is 0.255 e. The summed E-state index contributed by atoms with van der Waals surface area (Å²) in [7, 11) is 0. The first-order valence-corrected chi connectivity index (χ1v) is 6.75. The maximum Gasteiger partial charge on any atom is 0.255 e. The van der Waals surface area contributed by atoms with Crippen molar-refractivity contribution in [3.63, 3.8) is 0 Å². The Kier molecular flexibility index (Phi) is 5.06. The Morgan fingerprint density at radius 2 is 1.74 bits per heavy atom. The molecule has 0 aromatic heterocycles. The zero-order valence-corrected chi connectivity index (χ0v) is 12.4. The average Bonchev–Trinajstić information content (AvgIpc) is 2.56. The van der Waals surface area contributed by atoms with Crippen molar-refractivity contribution in [3.8, 4) is 12.1 Å². The molecule has 6 heteroatoms. The number of anilines is 2. The average molecular weight is 303 g/mol. The normalized spacial score (nSPS) is 9.17. The maximum absolute atomic E-state index is 12.3. The zero-order chi connectivity index (χ0) is 16.7. The quantitative estimate of drug-likeness (QED) is 0.669. The van der Waals surface area contributed by atoms with Crippen LogP contribution in [0, 0.1) is 29.6 Å². The Hall–Kier alpha value is -3.64. The Bertz CT molecular complexity index is 827. The minimum atomic E-state index is -0.278. The molecule has 0 saturated carbocycles. The van der Waals surface area contributed by atoms with Crippen molar-refractivity contribution < 1.29 is 4.79 Å². The summed E-state index contributed by atoms with van der Waals surface area (Å²) in [6.07, 6.45) is 0. The Labute approximate surface area is 133 Å². The van der Waals surface area contributed by atoms with Gasteiger partial charge in [0.25, 0.3) is 5.91 Å². The molecule has 2 aromatic carbocycles. The molecule has 2 aromatic rings. The number of benzene rings is 2. The molecule has 112 valence electrons. The molecule has 0 spiro atoms. The highest BCUT2D eigenvalue weighted by Crippen LogP contribution is 2.17. The summed E-state index contributed by atoms with van der Waals surface area (Å²) in [5, 5.41) is 23.7. The minimum Gasteiger partial charge on any atom is -0.322 e. The third-order valence-electron chi connectivity index (χ3n) is 3.02. The molecule has 0 radical (unpaired) electrons. The Morgan fingerprint density at radius 3 is 2.43 bits per heavy atom. The van der Waals surface area contributed by atoms with E-state index in [0.717, 1.165) is 5.56 Å². The van der Waals surface area contributed by atoms with E-state index in [1.807, 2.05) is 19.1 Å². The van der Waals surface area contributed by atoms with E-state index in [0.29, 0.717) is 16.9 Å². The number of hydrogen-bond donors (Lipinski definition) is 2. The van der Waals surface area contributed by atoms with Gasteiger partial charge in [0.1, 0.15) is 12.1 Å². The lowest BCUT2D eigenvalue weighted by Crippen LogP contribution is -2.13. The van der Waals surface area contributed by atoms with Crippen LogP contribution in [-0.4, -0.2) is 11.6 Å². The van der Waals surface area contributed by atoms with Gasteiger partial charge in [-0.25, -0.2) is 0 Å². The number of nitrogens with one attached hydrogen (secondary N) is 2. The van der Waals surface area contributed by atoms with Gasteiger partial charge in [0, 0.05) is 11.3 Å². The molecule has 0 atom stereocenters. The van der Waals surface area contributed by atoms with Crippen LogP contribution in [0.2, 0.25) is 0 Å². The molecular weight excluding hydrogens is 290 g/mol. The molecule has 6 nitrogen and oxygen atoms in total. The molecule has 0 unspecified atom stereocenters. The van der Waals surface area contributed by atoms with Crippen molar-refractivity contribution in [2.24, 2.45) is 5.10 Å². The number of hydrogen-bond acceptors (Lipinski definition) is 5. The highest BCUT2D eigenvalue weighted by atomic mass is 16.1. The van der Waals surface area contributed by atoms with Gasteiger partial charge in [-0.15, -0.1) is 0 Å². The van der Waals surface area contributed by atoms with Crippen LogP contribution >= 0.6 is 0 Å². The van der Waals surface area contributed by atoms with Crippen LogP contribution in [0.15, 0.2) is 53.6 Å². The van der Waals surface area contributed by atoms with Crippen molar-refractivity contribution in [2.45, 2.75) is 6.92 Å². The Balaban J connectivity index is 2.14. The van der Waals surface area contributed by atoms with Gasteiger partial charge in [0.2, 0.25) is 5.71 Å². The van der Waals surface area contributed by atoms with Crippen molar-refractivity contribution in [2.75, 3.05) is 10.7 Å². The van der Waals surface area contributed by atoms with E-state index < -0.39 is 0 Å². The molecule has 0 saturated heterocycles. The first-order chi connectivity index (χ1) is 11.1. The number of carbonyl (C=O) groups is 1. The van der Waals surface area contributed by atoms with Gasteiger partial charge < -0.3 is 5.32 Å². The molecule has 0 aliphatic carbocycles. The topological polar surface area (TPSA) is 101 Å². The second kappa shape index (κ2) is 7.39. The molecule has 0 heterocycles. The van der Waals surface area contributed by atoms with E-state index in [4.69, 9.17) is 10.5 Å². The second-order valence-electron chi connectivity index (χ2n) is 4.65. The van der Waals surface area contributed by atoms with Crippen LogP contribution in [-0.2, 0) is 0 Å². The van der Waals surface area contributed by atoms with Crippen molar-refractivity contribution in [1.29, 1.82) is 10.5 Å². The van der Waals surface area contributed by atoms with Crippen LogP contribution in [0.3, 0.4) is 0 Å². The van der Waals surface area contributed by atoms with Gasteiger partial charge >= 0.3 is 0 Å². The SMILES string of the molecule is Cc1ccccc1C(=O)Nc1cccc(NN=C(C#N)C#N)c1. The van der Waals surface area contributed by atoms with Crippen LogP contribution in [0.4, 0.5) is 11.4 Å². The van der Waals surface area contributed by atoms with Crippen molar-refractivity contribution in [1.82, 2.24) is 0 Å². The highest BCUT2D eigenvalue weighted by Gasteiger charge is 2.08. The molecule has 23 heavy (non-hydrogen) atoms. The number of rotatable bonds is 4. The molecule has 0 aliphatic heterocycles. The van der Waals surface area contributed by atoms with Crippen LogP contribution in [0.25, 0.3) is 0 Å². The highest BCUT2D eigenvalue weighted by molar-refractivity contribution is 6.10. The van der Waals surface area contributed by atoms with E-state index in [9.17, 15) is 4.79 Å². The van der Waals surface area contributed by atoms with Gasteiger partial charge in [-0.05, 0) is 36.8 Å². The van der Waals surface area contributed by atoms with Crippen LogP contribution in [0.5, 0.6) is 0 Å². The number of amides is 1. The zero-order valence-electron chi connectivity index (χ0n) is 12.4. The molecule has 2 rings (SSSR count). The van der Waals surface area contributed by atoms with E-state index in [2.05, 4.69) is 15.8 Å². The summed E-state index contributed by atoms with van der Waals surface area (Å²) in [6.45, 7) is 1.87. The molecule has 0 bridgehead atoms. The lowest BCUT2D eigenvalue weighted by atomic mass is 10.1. The second-order valence-corrected chi connectivity index (χ2v) is 4.65. The van der Waals surface area contributed by atoms with Crippen molar-refractivity contribution >= 4 is 23.0 Å². The lowest BCUT2D eigenvalue weighted by Gasteiger charge is -2.09. The van der Waals surface area contributed by atoms with Gasteiger partial charge in [-0.3, -0.25) is 10.2 Å². The summed E-state index contributed by atoms with van der Waals surface area (Å²) in [6, 6.07) is 17.4. The molecule has 1 amide bonds. The first kappa shape index (κ1) is 15.7. The summed E-state index contributed by atoms with van der Waals surface area (Å²) < 4.78 is 0. The monoisotopic (exact) mass is 303 g/mol. The summed E-state index contributed by atoms with van der Waals surface area (Å²) in [5.74, 6) is -0.210.